The molecule has 0 aliphatic carbocycles. The fraction of sp³-hybridized carbons (Fsp3) is 0.300. The van der Waals surface area contributed by atoms with Gasteiger partial charge in [0.1, 0.15) is 5.75 Å². The van der Waals surface area contributed by atoms with Crippen molar-refractivity contribution in [1.29, 1.82) is 0 Å². The second-order valence-corrected chi connectivity index (χ2v) is 6.48. The Morgan fingerprint density at radius 1 is 1.04 bits per heavy atom. The maximum Gasteiger partial charge on any atom is 0.265 e. The molecule has 5 nitrogen and oxygen atoms in total. The van der Waals surface area contributed by atoms with Crippen LogP contribution in [0.4, 0.5) is 5.69 Å². The summed E-state index contributed by atoms with van der Waals surface area (Å²) in [7, 11) is 0. The fourth-order valence-corrected chi connectivity index (χ4v) is 3.55. The zero-order valence-corrected chi connectivity index (χ0v) is 14.1. The number of anilines is 1. The molecule has 5 heteroatoms. The number of rotatable bonds is 1. The van der Waals surface area contributed by atoms with Crippen LogP contribution >= 0.6 is 0 Å². The van der Waals surface area contributed by atoms with Gasteiger partial charge in [-0.25, -0.2) is 0 Å². The standard InChI is InChI=1S/C20H20N2O3/c1-14(23)22-13-19(25-18-9-5-4-8-17(18)22)20(24)21-11-10-15-6-2-3-7-16(15)12-21/h2-9,19H,10-13H2,1H3. The normalized spacial score (nSPS) is 18.8. The Labute approximate surface area is 146 Å². The van der Waals surface area contributed by atoms with Gasteiger partial charge in [0.25, 0.3) is 5.91 Å². The minimum absolute atomic E-state index is 0.0599. The molecule has 0 bridgehead atoms. The maximum atomic E-state index is 13.0. The van der Waals surface area contributed by atoms with E-state index in [2.05, 4.69) is 12.1 Å². The predicted octanol–water partition coefficient (Wildman–Crippen LogP) is 2.39. The summed E-state index contributed by atoms with van der Waals surface area (Å²) in [5.74, 6) is 0.438. The number of amides is 2. The van der Waals surface area contributed by atoms with E-state index in [1.807, 2.05) is 35.2 Å². The lowest BCUT2D eigenvalue weighted by atomic mass is 9.99. The lowest BCUT2D eigenvalue weighted by molar-refractivity contribution is -0.139. The highest BCUT2D eigenvalue weighted by molar-refractivity contribution is 5.95. The molecule has 0 N–H and O–H groups in total. The minimum Gasteiger partial charge on any atom is -0.476 e. The Morgan fingerprint density at radius 2 is 1.76 bits per heavy atom. The number of ether oxygens (including phenoxy) is 1. The van der Waals surface area contributed by atoms with Crippen LogP contribution in [0.5, 0.6) is 5.75 Å². The van der Waals surface area contributed by atoms with E-state index in [1.54, 1.807) is 11.0 Å². The van der Waals surface area contributed by atoms with Crippen LogP contribution in [0.3, 0.4) is 0 Å². The average Bonchev–Trinajstić information content (AvgIpc) is 2.66. The van der Waals surface area contributed by atoms with Crippen LogP contribution in [0, 0.1) is 0 Å². The molecule has 128 valence electrons. The Bertz CT molecular complexity index is 833. The van der Waals surface area contributed by atoms with E-state index in [0.717, 1.165) is 12.1 Å². The summed E-state index contributed by atoms with van der Waals surface area (Å²) in [6.45, 7) is 3.04. The molecule has 2 amide bonds. The van der Waals surface area contributed by atoms with Crippen molar-refractivity contribution in [1.82, 2.24) is 4.90 Å². The van der Waals surface area contributed by atoms with E-state index in [4.69, 9.17) is 4.74 Å². The number of hydrogen-bond acceptors (Lipinski definition) is 3. The molecule has 2 aromatic carbocycles. The minimum atomic E-state index is -0.663. The second-order valence-electron chi connectivity index (χ2n) is 6.48. The zero-order valence-electron chi connectivity index (χ0n) is 14.1. The van der Waals surface area contributed by atoms with Gasteiger partial charge in [0.15, 0.2) is 6.10 Å². The quantitative estimate of drug-likeness (QED) is 0.803. The molecular formula is C20H20N2O3. The summed E-state index contributed by atoms with van der Waals surface area (Å²) in [4.78, 5) is 28.5. The molecule has 1 unspecified atom stereocenters. The molecule has 0 saturated heterocycles. The topological polar surface area (TPSA) is 49.9 Å². The summed E-state index contributed by atoms with van der Waals surface area (Å²) >= 11 is 0. The van der Waals surface area contributed by atoms with Crippen molar-refractivity contribution in [3.05, 3.63) is 59.7 Å². The van der Waals surface area contributed by atoms with Crippen molar-refractivity contribution in [3.8, 4) is 5.75 Å². The SMILES string of the molecule is CC(=O)N1CC(C(=O)N2CCc3ccccc3C2)Oc2ccccc21. The van der Waals surface area contributed by atoms with Crippen LogP contribution in [0.25, 0.3) is 0 Å². The first-order valence-electron chi connectivity index (χ1n) is 8.53. The number of carbonyl (C=O) groups is 2. The smallest absolute Gasteiger partial charge is 0.265 e. The van der Waals surface area contributed by atoms with Gasteiger partial charge in [0.2, 0.25) is 5.91 Å². The van der Waals surface area contributed by atoms with Crippen LogP contribution < -0.4 is 9.64 Å². The van der Waals surface area contributed by atoms with E-state index in [1.165, 1.54) is 18.1 Å². The van der Waals surface area contributed by atoms with E-state index in [0.29, 0.717) is 18.8 Å². The molecule has 0 aromatic heterocycles. The predicted molar refractivity (Wildman–Crippen MR) is 94.4 cm³/mol. The van der Waals surface area contributed by atoms with Crippen LogP contribution in [0.1, 0.15) is 18.1 Å². The van der Waals surface area contributed by atoms with Crippen molar-refractivity contribution in [3.63, 3.8) is 0 Å². The molecule has 2 aromatic rings. The third-order valence-electron chi connectivity index (χ3n) is 4.87. The maximum absolute atomic E-state index is 13.0. The van der Waals surface area contributed by atoms with Crippen molar-refractivity contribution in [2.45, 2.75) is 26.0 Å². The van der Waals surface area contributed by atoms with Gasteiger partial charge >= 0.3 is 0 Å². The summed E-state index contributed by atoms with van der Waals surface area (Å²) in [6, 6.07) is 15.6. The lowest BCUT2D eigenvalue weighted by Gasteiger charge is -2.37. The lowest BCUT2D eigenvalue weighted by Crippen LogP contribution is -2.52. The number of fused-ring (bicyclic) bond motifs is 2. The van der Waals surface area contributed by atoms with Gasteiger partial charge in [0, 0.05) is 20.0 Å². The van der Waals surface area contributed by atoms with Gasteiger partial charge in [-0.15, -0.1) is 0 Å². The van der Waals surface area contributed by atoms with E-state index in [-0.39, 0.29) is 18.4 Å². The third-order valence-corrected chi connectivity index (χ3v) is 4.87. The second kappa shape index (κ2) is 6.24. The van der Waals surface area contributed by atoms with Crippen molar-refractivity contribution in [2.24, 2.45) is 0 Å². The highest BCUT2D eigenvalue weighted by Gasteiger charge is 2.35. The van der Waals surface area contributed by atoms with Gasteiger partial charge in [-0.05, 0) is 29.7 Å². The van der Waals surface area contributed by atoms with Crippen LogP contribution in [0.15, 0.2) is 48.5 Å². The average molecular weight is 336 g/mol. The highest BCUT2D eigenvalue weighted by Crippen LogP contribution is 2.34. The van der Waals surface area contributed by atoms with Gasteiger partial charge in [0.05, 0.1) is 12.2 Å². The molecule has 0 spiro atoms. The first-order valence-corrected chi connectivity index (χ1v) is 8.53. The number of carbonyl (C=O) groups excluding carboxylic acids is 2. The molecule has 0 radical (unpaired) electrons. The Morgan fingerprint density at radius 3 is 2.56 bits per heavy atom. The van der Waals surface area contributed by atoms with Crippen LogP contribution in [-0.2, 0) is 22.6 Å². The molecule has 1 atom stereocenters. The van der Waals surface area contributed by atoms with Gasteiger partial charge in [-0.3, -0.25) is 9.59 Å². The summed E-state index contributed by atoms with van der Waals surface area (Å²) in [5, 5.41) is 0. The molecule has 0 fully saturated rings. The Kier molecular flexibility index (Phi) is 3.92. The van der Waals surface area contributed by atoms with Crippen molar-refractivity contribution < 1.29 is 14.3 Å². The van der Waals surface area contributed by atoms with Crippen molar-refractivity contribution >= 4 is 17.5 Å². The number of benzene rings is 2. The molecule has 2 heterocycles. The fourth-order valence-electron chi connectivity index (χ4n) is 3.55. The Balaban J connectivity index is 1.56. The monoisotopic (exact) mass is 336 g/mol. The molecule has 2 aliphatic heterocycles. The van der Waals surface area contributed by atoms with E-state index < -0.39 is 6.10 Å². The molecule has 4 rings (SSSR count). The molecular weight excluding hydrogens is 316 g/mol. The Hall–Kier alpha value is -2.82. The first-order chi connectivity index (χ1) is 12.1. The van der Waals surface area contributed by atoms with E-state index in [9.17, 15) is 9.59 Å². The molecule has 0 saturated carbocycles. The molecule has 2 aliphatic rings. The van der Waals surface area contributed by atoms with Crippen LogP contribution in [0.2, 0.25) is 0 Å². The number of hydrogen-bond donors (Lipinski definition) is 0. The van der Waals surface area contributed by atoms with Gasteiger partial charge in [-0.2, -0.15) is 0 Å². The van der Waals surface area contributed by atoms with Crippen molar-refractivity contribution in [2.75, 3.05) is 18.0 Å². The van der Waals surface area contributed by atoms with Crippen LogP contribution in [-0.4, -0.2) is 35.9 Å². The van der Waals surface area contributed by atoms with Gasteiger partial charge in [-0.1, -0.05) is 36.4 Å². The van der Waals surface area contributed by atoms with E-state index >= 15 is 0 Å². The summed E-state index contributed by atoms with van der Waals surface area (Å²) < 4.78 is 5.93. The number of para-hydroxylation sites is 2. The zero-order chi connectivity index (χ0) is 17.4. The molecule has 25 heavy (non-hydrogen) atoms. The largest absolute Gasteiger partial charge is 0.476 e. The third kappa shape index (κ3) is 2.86. The summed E-state index contributed by atoms with van der Waals surface area (Å²) in [6.07, 6.45) is 0.186. The van der Waals surface area contributed by atoms with Gasteiger partial charge < -0.3 is 14.5 Å². The highest BCUT2D eigenvalue weighted by atomic mass is 16.5. The number of nitrogens with zero attached hydrogens (tertiary/aromatic N) is 2. The first kappa shape index (κ1) is 15.7. The summed E-state index contributed by atoms with van der Waals surface area (Å²) in [5.41, 5.74) is 3.21.